The van der Waals surface area contributed by atoms with Crippen LogP contribution in [0.25, 0.3) is 10.2 Å². The molecular weight excluding hydrogens is 406 g/mol. The Morgan fingerprint density at radius 2 is 2.07 bits per heavy atom. The second-order valence-electron chi connectivity index (χ2n) is 6.74. The first-order valence-corrected chi connectivity index (χ1v) is 11.5. The van der Waals surface area contributed by atoms with Crippen LogP contribution in [0.15, 0.2) is 34.7 Å². The van der Waals surface area contributed by atoms with Crippen LogP contribution in [0, 0.1) is 6.92 Å². The fourth-order valence-corrected chi connectivity index (χ4v) is 5.04. The van der Waals surface area contributed by atoms with Gasteiger partial charge in [0.1, 0.15) is 18.2 Å². The zero-order chi connectivity index (χ0) is 20.1. The maximum atomic E-state index is 12.1. The highest BCUT2D eigenvalue weighted by Crippen LogP contribution is 2.29. The summed E-state index contributed by atoms with van der Waals surface area (Å²) in [5.41, 5.74) is 0.974. The third-order valence-corrected chi connectivity index (χ3v) is 6.69. The van der Waals surface area contributed by atoms with Crippen molar-refractivity contribution in [2.24, 2.45) is 0 Å². The van der Waals surface area contributed by atoms with Crippen LogP contribution in [0.3, 0.4) is 0 Å². The molecule has 1 aliphatic heterocycles. The van der Waals surface area contributed by atoms with E-state index in [1.165, 1.54) is 24.6 Å². The first kappa shape index (κ1) is 19.9. The van der Waals surface area contributed by atoms with Crippen molar-refractivity contribution in [2.45, 2.75) is 24.1 Å². The third kappa shape index (κ3) is 5.36. The monoisotopic (exact) mass is 429 g/mol. The van der Waals surface area contributed by atoms with Crippen LogP contribution in [-0.4, -0.2) is 52.9 Å². The number of carbonyl (C=O) groups is 1. The number of thiazole rings is 1. The summed E-state index contributed by atoms with van der Waals surface area (Å²) in [6.45, 7) is 4.72. The minimum Gasteiger partial charge on any atom is -0.476 e. The van der Waals surface area contributed by atoms with Crippen molar-refractivity contribution in [2.75, 3.05) is 36.9 Å². The van der Waals surface area contributed by atoms with Gasteiger partial charge >= 0.3 is 0 Å². The summed E-state index contributed by atoms with van der Waals surface area (Å²) in [4.78, 5) is 27.7. The second-order valence-corrected chi connectivity index (χ2v) is 8.99. The van der Waals surface area contributed by atoms with Crippen molar-refractivity contribution in [3.8, 4) is 5.88 Å². The molecule has 29 heavy (non-hydrogen) atoms. The van der Waals surface area contributed by atoms with Gasteiger partial charge in [-0.05, 0) is 31.9 Å². The Labute approximate surface area is 177 Å². The van der Waals surface area contributed by atoms with Crippen LogP contribution >= 0.6 is 23.1 Å². The van der Waals surface area contributed by atoms with E-state index in [0.29, 0.717) is 30.6 Å². The van der Waals surface area contributed by atoms with Crippen LogP contribution in [0.2, 0.25) is 0 Å². The van der Waals surface area contributed by atoms with Gasteiger partial charge in [-0.15, -0.1) is 11.3 Å². The number of aromatic nitrogens is 3. The number of thioether (sulfide) groups is 1. The zero-order valence-electron chi connectivity index (χ0n) is 16.3. The predicted molar refractivity (Wildman–Crippen MR) is 117 cm³/mol. The summed E-state index contributed by atoms with van der Waals surface area (Å²) in [6.07, 6.45) is 2.39. The standard InChI is InChI=1S/C20H23N5O2S2/c1-14-22-17(25-9-4-5-10-25)12-19(23-14)27-11-8-21-18(26)13-28-20-24-15-6-2-3-7-16(15)29-20/h2-3,6-7,12H,4-5,8-11,13H2,1H3,(H,21,26). The van der Waals surface area contributed by atoms with E-state index in [9.17, 15) is 4.79 Å². The van der Waals surface area contributed by atoms with Crippen LogP contribution in [0.1, 0.15) is 18.7 Å². The van der Waals surface area contributed by atoms with Crippen molar-refractivity contribution in [3.05, 3.63) is 36.2 Å². The molecule has 4 rings (SSSR count). The smallest absolute Gasteiger partial charge is 0.230 e. The van der Waals surface area contributed by atoms with Crippen LogP contribution in [0.4, 0.5) is 5.82 Å². The van der Waals surface area contributed by atoms with Crippen molar-refractivity contribution in [1.82, 2.24) is 20.3 Å². The van der Waals surface area contributed by atoms with Crippen molar-refractivity contribution >= 4 is 45.0 Å². The third-order valence-electron chi connectivity index (χ3n) is 4.51. The average Bonchev–Trinajstić information content (AvgIpc) is 3.39. The molecule has 0 spiro atoms. The van der Waals surface area contributed by atoms with Gasteiger partial charge in [0.05, 0.1) is 22.5 Å². The molecule has 1 saturated heterocycles. The van der Waals surface area contributed by atoms with E-state index in [0.717, 1.165) is 33.5 Å². The number of benzene rings is 1. The molecule has 1 amide bonds. The number of carbonyl (C=O) groups excluding carboxylic acids is 1. The molecule has 1 N–H and O–H groups in total. The number of nitrogens with one attached hydrogen (secondary N) is 1. The fraction of sp³-hybridized carbons (Fsp3) is 0.400. The number of para-hydroxylation sites is 1. The molecule has 0 atom stereocenters. The van der Waals surface area contributed by atoms with Gasteiger partial charge in [0.15, 0.2) is 4.34 Å². The molecule has 1 fully saturated rings. The fourth-order valence-electron chi connectivity index (χ4n) is 3.14. The largest absolute Gasteiger partial charge is 0.476 e. The molecule has 7 nitrogen and oxygen atoms in total. The number of nitrogens with zero attached hydrogens (tertiary/aromatic N) is 4. The van der Waals surface area contributed by atoms with Crippen LogP contribution in [0.5, 0.6) is 5.88 Å². The van der Waals surface area contributed by atoms with Gasteiger partial charge < -0.3 is 15.0 Å². The van der Waals surface area contributed by atoms with Gasteiger partial charge in [0.2, 0.25) is 11.8 Å². The minimum absolute atomic E-state index is 0.0329. The van der Waals surface area contributed by atoms with Gasteiger partial charge in [-0.2, -0.15) is 4.98 Å². The van der Waals surface area contributed by atoms with E-state index in [1.807, 2.05) is 37.3 Å². The molecule has 3 heterocycles. The summed E-state index contributed by atoms with van der Waals surface area (Å²) in [5, 5.41) is 2.88. The summed E-state index contributed by atoms with van der Waals surface area (Å²) >= 11 is 3.06. The van der Waals surface area contributed by atoms with E-state index in [1.54, 1.807) is 11.3 Å². The number of ether oxygens (including phenoxy) is 1. The van der Waals surface area contributed by atoms with E-state index in [-0.39, 0.29) is 5.91 Å². The molecule has 1 aromatic carbocycles. The number of rotatable bonds is 8. The molecular formula is C20H23N5O2S2. The lowest BCUT2D eigenvalue weighted by Gasteiger charge is -2.17. The quantitative estimate of drug-likeness (QED) is 0.435. The van der Waals surface area contributed by atoms with Crippen molar-refractivity contribution < 1.29 is 9.53 Å². The lowest BCUT2D eigenvalue weighted by molar-refractivity contribution is -0.118. The van der Waals surface area contributed by atoms with Gasteiger partial charge in [-0.3, -0.25) is 4.79 Å². The SMILES string of the molecule is Cc1nc(OCCNC(=O)CSc2nc3ccccc3s2)cc(N2CCCC2)n1. The lowest BCUT2D eigenvalue weighted by Crippen LogP contribution is -2.29. The Balaban J connectivity index is 1.20. The Hall–Kier alpha value is -2.39. The van der Waals surface area contributed by atoms with E-state index in [2.05, 4.69) is 25.2 Å². The highest BCUT2D eigenvalue weighted by atomic mass is 32.2. The topological polar surface area (TPSA) is 80.2 Å². The maximum Gasteiger partial charge on any atom is 0.230 e. The molecule has 0 radical (unpaired) electrons. The van der Waals surface area contributed by atoms with Gasteiger partial charge in [0.25, 0.3) is 0 Å². The second kappa shape index (κ2) is 9.41. The highest BCUT2D eigenvalue weighted by Gasteiger charge is 2.15. The van der Waals surface area contributed by atoms with Crippen LogP contribution in [-0.2, 0) is 4.79 Å². The van der Waals surface area contributed by atoms with Crippen LogP contribution < -0.4 is 15.0 Å². The van der Waals surface area contributed by atoms with Crippen molar-refractivity contribution in [1.29, 1.82) is 0 Å². The molecule has 0 saturated carbocycles. The number of aryl methyl sites for hydroxylation is 1. The van der Waals surface area contributed by atoms with E-state index >= 15 is 0 Å². The number of amides is 1. The van der Waals surface area contributed by atoms with Gasteiger partial charge in [-0.25, -0.2) is 9.97 Å². The summed E-state index contributed by atoms with van der Waals surface area (Å²) in [7, 11) is 0. The predicted octanol–water partition coefficient (Wildman–Crippen LogP) is 3.28. The molecule has 0 unspecified atom stereocenters. The summed E-state index contributed by atoms with van der Waals surface area (Å²) < 4.78 is 7.77. The molecule has 3 aromatic rings. The molecule has 0 aliphatic carbocycles. The molecule has 9 heteroatoms. The van der Waals surface area contributed by atoms with Gasteiger partial charge in [-0.1, -0.05) is 23.9 Å². The summed E-state index contributed by atoms with van der Waals surface area (Å²) in [5.74, 6) is 2.47. The Bertz CT molecular complexity index is 955. The van der Waals surface area contributed by atoms with Crippen molar-refractivity contribution in [3.63, 3.8) is 0 Å². The number of fused-ring (bicyclic) bond motifs is 1. The molecule has 2 aromatic heterocycles. The van der Waals surface area contributed by atoms with E-state index in [4.69, 9.17) is 4.74 Å². The first-order chi connectivity index (χ1) is 14.2. The molecule has 152 valence electrons. The molecule has 0 bridgehead atoms. The molecule has 1 aliphatic rings. The average molecular weight is 430 g/mol. The zero-order valence-corrected chi connectivity index (χ0v) is 17.9. The Morgan fingerprint density at radius 1 is 1.24 bits per heavy atom. The Morgan fingerprint density at radius 3 is 2.90 bits per heavy atom. The van der Waals surface area contributed by atoms with Gasteiger partial charge in [0, 0.05) is 19.2 Å². The lowest BCUT2D eigenvalue weighted by atomic mass is 10.3. The number of hydrogen-bond donors (Lipinski definition) is 1. The highest BCUT2D eigenvalue weighted by molar-refractivity contribution is 8.01. The Kier molecular flexibility index (Phi) is 6.46. The first-order valence-electron chi connectivity index (χ1n) is 9.66. The maximum absolute atomic E-state index is 12.1. The minimum atomic E-state index is -0.0329. The number of anilines is 1. The number of hydrogen-bond acceptors (Lipinski definition) is 8. The van der Waals surface area contributed by atoms with E-state index < -0.39 is 0 Å². The summed E-state index contributed by atoms with van der Waals surface area (Å²) in [6, 6.07) is 9.87. The normalized spacial score (nSPS) is 13.8.